The van der Waals surface area contributed by atoms with Gasteiger partial charge < -0.3 is 5.32 Å². The van der Waals surface area contributed by atoms with E-state index in [-0.39, 0.29) is 4.90 Å². The van der Waals surface area contributed by atoms with Crippen molar-refractivity contribution in [3.63, 3.8) is 0 Å². The summed E-state index contributed by atoms with van der Waals surface area (Å²) in [6, 6.07) is 9.62. The first-order valence-electron chi connectivity index (χ1n) is 7.04. The van der Waals surface area contributed by atoms with Crippen molar-refractivity contribution in [3.05, 3.63) is 59.4 Å². The standard InChI is InChI=1S/C16H17FN2O4S/c1-11-3-6-14(9-12(11)2)18-16(20)10-23-19-24(21,22)15-7-4-13(17)5-8-15/h3-9,19H,10H2,1-2H3,(H,18,20). The van der Waals surface area contributed by atoms with Gasteiger partial charge in [-0.15, -0.1) is 0 Å². The first-order valence-corrected chi connectivity index (χ1v) is 8.52. The Morgan fingerprint density at radius 1 is 1.08 bits per heavy atom. The zero-order chi connectivity index (χ0) is 17.7. The SMILES string of the molecule is Cc1ccc(NC(=O)CONS(=O)(=O)c2ccc(F)cc2)cc1C. The Balaban J connectivity index is 1.87. The number of amides is 1. The number of carbonyl (C=O) groups excluding carboxylic acids is 1. The van der Waals surface area contributed by atoms with Crippen LogP contribution in [0.5, 0.6) is 0 Å². The van der Waals surface area contributed by atoms with Gasteiger partial charge in [0.2, 0.25) is 0 Å². The van der Waals surface area contributed by atoms with Gasteiger partial charge in [0.15, 0.2) is 0 Å². The fourth-order valence-corrected chi connectivity index (χ4v) is 2.66. The number of aryl methyl sites for hydroxylation is 2. The summed E-state index contributed by atoms with van der Waals surface area (Å²) in [6.45, 7) is 3.36. The molecule has 0 aromatic heterocycles. The van der Waals surface area contributed by atoms with Crippen molar-refractivity contribution < 1.29 is 22.4 Å². The van der Waals surface area contributed by atoms with Crippen LogP contribution in [-0.4, -0.2) is 20.9 Å². The second-order valence-corrected chi connectivity index (χ2v) is 6.82. The van der Waals surface area contributed by atoms with Crippen molar-refractivity contribution in [2.45, 2.75) is 18.7 Å². The van der Waals surface area contributed by atoms with Gasteiger partial charge in [-0.1, -0.05) is 11.0 Å². The Hall–Kier alpha value is -2.29. The molecule has 2 aromatic rings. The molecule has 1 amide bonds. The summed E-state index contributed by atoms with van der Waals surface area (Å²) in [5, 5.41) is 2.60. The summed E-state index contributed by atoms with van der Waals surface area (Å²) in [5.41, 5.74) is 2.70. The van der Waals surface area contributed by atoms with Gasteiger partial charge in [-0.3, -0.25) is 9.63 Å². The number of rotatable bonds is 6. The van der Waals surface area contributed by atoms with Gasteiger partial charge in [0.05, 0.1) is 4.90 Å². The first kappa shape index (κ1) is 18.1. The molecule has 0 saturated carbocycles. The second kappa shape index (κ2) is 7.52. The van der Waals surface area contributed by atoms with Gasteiger partial charge >= 0.3 is 0 Å². The molecule has 0 aliphatic rings. The van der Waals surface area contributed by atoms with Gasteiger partial charge in [0.25, 0.3) is 15.9 Å². The predicted molar refractivity (Wildman–Crippen MR) is 87.2 cm³/mol. The van der Waals surface area contributed by atoms with Crippen LogP contribution in [0.3, 0.4) is 0 Å². The van der Waals surface area contributed by atoms with Crippen molar-refractivity contribution >= 4 is 21.6 Å². The van der Waals surface area contributed by atoms with Crippen LogP contribution in [-0.2, 0) is 19.7 Å². The number of hydrogen-bond donors (Lipinski definition) is 2. The maximum absolute atomic E-state index is 12.8. The zero-order valence-corrected chi connectivity index (χ0v) is 14.0. The van der Waals surface area contributed by atoms with E-state index in [4.69, 9.17) is 4.84 Å². The molecule has 24 heavy (non-hydrogen) atoms. The van der Waals surface area contributed by atoms with E-state index in [2.05, 4.69) is 5.32 Å². The highest BCUT2D eigenvalue weighted by atomic mass is 32.2. The monoisotopic (exact) mass is 352 g/mol. The molecule has 2 rings (SSSR count). The van der Waals surface area contributed by atoms with Crippen LogP contribution in [0.4, 0.5) is 10.1 Å². The molecule has 8 heteroatoms. The maximum atomic E-state index is 12.8. The van der Waals surface area contributed by atoms with E-state index in [9.17, 15) is 17.6 Å². The molecule has 0 bridgehead atoms. The van der Waals surface area contributed by atoms with Gasteiger partial charge in [-0.2, -0.15) is 0 Å². The van der Waals surface area contributed by atoms with Crippen molar-refractivity contribution in [1.29, 1.82) is 0 Å². The molecule has 2 N–H and O–H groups in total. The fraction of sp³-hybridized carbons (Fsp3) is 0.188. The first-order chi connectivity index (χ1) is 11.3. The summed E-state index contributed by atoms with van der Waals surface area (Å²) in [7, 11) is -3.98. The number of carbonyl (C=O) groups is 1. The molecule has 0 spiro atoms. The number of anilines is 1. The molecule has 2 aromatic carbocycles. The molecule has 0 unspecified atom stereocenters. The van der Waals surface area contributed by atoms with Crippen LogP contribution in [0.1, 0.15) is 11.1 Å². The lowest BCUT2D eigenvalue weighted by Gasteiger charge is -2.09. The molecule has 0 heterocycles. The normalized spacial score (nSPS) is 11.3. The number of nitrogens with one attached hydrogen (secondary N) is 2. The largest absolute Gasteiger partial charge is 0.324 e. The third kappa shape index (κ3) is 4.85. The summed E-state index contributed by atoms with van der Waals surface area (Å²) in [5.74, 6) is -1.07. The number of halogens is 1. The Bertz CT molecular complexity index is 836. The fourth-order valence-electron chi connectivity index (χ4n) is 1.85. The average Bonchev–Trinajstić information content (AvgIpc) is 2.51. The van der Waals surface area contributed by atoms with Crippen LogP contribution in [0.2, 0.25) is 0 Å². The minimum absolute atomic E-state index is 0.168. The number of sulfonamides is 1. The van der Waals surface area contributed by atoms with Gasteiger partial charge in [-0.25, -0.2) is 12.8 Å². The molecule has 0 atom stereocenters. The lowest BCUT2D eigenvalue weighted by molar-refractivity contribution is -0.121. The average molecular weight is 352 g/mol. The van der Waals surface area contributed by atoms with E-state index in [0.717, 1.165) is 35.4 Å². The highest BCUT2D eigenvalue weighted by molar-refractivity contribution is 7.89. The molecule has 0 aliphatic heterocycles. The molecule has 128 valence electrons. The van der Waals surface area contributed by atoms with Gasteiger partial charge in [0.1, 0.15) is 12.4 Å². The Kier molecular flexibility index (Phi) is 5.66. The quantitative estimate of drug-likeness (QED) is 0.781. The minimum Gasteiger partial charge on any atom is -0.324 e. The van der Waals surface area contributed by atoms with Gasteiger partial charge in [0, 0.05) is 5.69 Å². The van der Waals surface area contributed by atoms with Gasteiger partial charge in [-0.05, 0) is 61.4 Å². The maximum Gasteiger partial charge on any atom is 0.262 e. The van der Waals surface area contributed by atoms with Crippen molar-refractivity contribution in [1.82, 2.24) is 4.89 Å². The predicted octanol–water partition coefficient (Wildman–Crippen LogP) is 2.29. The Morgan fingerprint density at radius 2 is 1.75 bits per heavy atom. The third-order valence-electron chi connectivity index (χ3n) is 3.29. The minimum atomic E-state index is -3.98. The van der Waals surface area contributed by atoms with E-state index in [1.54, 1.807) is 12.1 Å². The van der Waals surface area contributed by atoms with Crippen LogP contribution in [0.25, 0.3) is 0 Å². The molecule has 0 fully saturated rings. The highest BCUT2D eigenvalue weighted by Crippen LogP contribution is 2.14. The topological polar surface area (TPSA) is 84.5 Å². The van der Waals surface area contributed by atoms with Crippen LogP contribution in [0, 0.1) is 19.7 Å². The molecular formula is C16H17FN2O4S. The number of benzene rings is 2. The van der Waals surface area contributed by atoms with E-state index in [1.165, 1.54) is 0 Å². The van der Waals surface area contributed by atoms with Crippen molar-refractivity contribution in [3.8, 4) is 0 Å². The zero-order valence-electron chi connectivity index (χ0n) is 13.2. The molecule has 0 saturated heterocycles. The van der Waals surface area contributed by atoms with Crippen molar-refractivity contribution in [2.75, 3.05) is 11.9 Å². The summed E-state index contributed by atoms with van der Waals surface area (Å²) >= 11 is 0. The summed E-state index contributed by atoms with van der Waals surface area (Å²) in [4.78, 5) is 18.1. The lowest BCUT2D eigenvalue weighted by atomic mass is 10.1. The molecule has 0 aliphatic carbocycles. The van der Waals surface area contributed by atoms with Crippen LogP contribution >= 0.6 is 0 Å². The Labute approximate surface area is 139 Å². The summed E-state index contributed by atoms with van der Waals surface area (Å²) in [6.07, 6.45) is 0. The molecule has 6 nitrogen and oxygen atoms in total. The van der Waals surface area contributed by atoms with Crippen molar-refractivity contribution in [2.24, 2.45) is 0 Å². The van der Waals surface area contributed by atoms with Crippen LogP contribution in [0.15, 0.2) is 47.4 Å². The number of hydrogen-bond acceptors (Lipinski definition) is 4. The van der Waals surface area contributed by atoms with E-state index >= 15 is 0 Å². The smallest absolute Gasteiger partial charge is 0.262 e. The van der Waals surface area contributed by atoms with Crippen LogP contribution < -0.4 is 10.2 Å². The third-order valence-corrected chi connectivity index (χ3v) is 4.52. The summed E-state index contributed by atoms with van der Waals surface area (Å²) < 4.78 is 36.5. The molecular weight excluding hydrogens is 335 g/mol. The lowest BCUT2D eigenvalue weighted by Crippen LogP contribution is -2.29. The van der Waals surface area contributed by atoms with E-state index < -0.39 is 28.4 Å². The second-order valence-electron chi connectivity index (χ2n) is 5.18. The Morgan fingerprint density at radius 3 is 2.38 bits per heavy atom. The van der Waals surface area contributed by atoms with E-state index in [1.807, 2.05) is 24.8 Å². The molecule has 0 radical (unpaired) electrons. The highest BCUT2D eigenvalue weighted by Gasteiger charge is 2.15. The van der Waals surface area contributed by atoms with E-state index in [0.29, 0.717) is 5.69 Å².